The molecule has 8 heteroatoms. The van der Waals surface area contributed by atoms with Crippen molar-refractivity contribution in [3.8, 4) is 11.5 Å². The summed E-state index contributed by atoms with van der Waals surface area (Å²) in [4.78, 5) is 32.8. The second-order valence-corrected chi connectivity index (χ2v) is 9.13. The first-order valence-corrected chi connectivity index (χ1v) is 11.7. The number of ketones is 1. The number of fused-ring (bicyclic) bond motifs is 1. The molecule has 35 heavy (non-hydrogen) atoms. The highest BCUT2D eigenvalue weighted by atomic mass is 32.1. The van der Waals surface area contributed by atoms with Gasteiger partial charge in [-0.2, -0.15) is 0 Å². The van der Waals surface area contributed by atoms with Gasteiger partial charge in [-0.05, 0) is 42.3 Å². The molecule has 2 heterocycles. The first-order chi connectivity index (χ1) is 16.9. The number of carbonyl (C=O) groups excluding carboxylic acids is 2. The number of aromatic nitrogens is 1. The van der Waals surface area contributed by atoms with Crippen LogP contribution in [-0.2, 0) is 9.59 Å². The molecule has 0 unspecified atom stereocenters. The minimum absolute atomic E-state index is 0.0103. The quantitative estimate of drug-likeness (QED) is 0.236. The zero-order chi connectivity index (χ0) is 24.7. The van der Waals surface area contributed by atoms with E-state index >= 15 is 0 Å². The second-order valence-electron chi connectivity index (χ2n) is 8.12. The van der Waals surface area contributed by atoms with Crippen LogP contribution in [0.2, 0.25) is 0 Å². The molecular formula is C27H22N2O5S. The van der Waals surface area contributed by atoms with E-state index in [0.717, 1.165) is 15.8 Å². The van der Waals surface area contributed by atoms with E-state index in [2.05, 4.69) is 4.98 Å². The summed E-state index contributed by atoms with van der Waals surface area (Å²) in [6.45, 7) is 1.98. The Hall–Kier alpha value is -4.17. The van der Waals surface area contributed by atoms with Gasteiger partial charge in [0.25, 0.3) is 5.78 Å². The zero-order valence-electron chi connectivity index (χ0n) is 19.3. The van der Waals surface area contributed by atoms with Gasteiger partial charge in [-0.15, -0.1) is 0 Å². The Morgan fingerprint density at radius 1 is 0.971 bits per heavy atom. The van der Waals surface area contributed by atoms with Gasteiger partial charge in [-0.3, -0.25) is 14.5 Å². The van der Waals surface area contributed by atoms with Crippen molar-refractivity contribution in [1.29, 1.82) is 0 Å². The number of aliphatic hydroxyl groups is 1. The van der Waals surface area contributed by atoms with Gasteiger partial charge in [-0.1, -0.05) is 53.8 Å². The summed E-state index contributed by atoms with van der Waals surface area (Å²) in [5, 5.41) is 11.6. The number of aliphatic hydroxyl groups excluding tert-OH is 1. The number of aryl methyl sites for hydroxylation is 1. The summed E-state index contributed by atoms with van der Waals surface area (Å²) in [5.41, 5.74) is 2.80. The van der Waals surface area contributed by atoms with Gasteiger partial charge in [0.05, 0.1) is 36.1 Å². The van der Waals surface area contributed by atoms with E-state index in [9.17, 15) is 14.7 Å². The maximum atomic E-state index is 13.4. The SMILES string of the molecule is COc1ccc([C@H]2C(=C(O)c3ccccc3)C(=O)C(=O)N2c2nc3ccc(C)cc3s2)cc1OC. The van der Waals surface area contributed by atoms with E-state index < -0.39 is 17.7 Å². The Morgan fingerprint density at radius 3 is 2.43 bits per heavy atom. The molecule has 1 N–H and O–H groups in total. The van der Waals surface area contributed by atoms with E-state index in [4.69, 9.17) is 9.47 Å². The molecule has 1 fully saturated rings. The molecule has 1 saturated heterocycles. The lowest BCUT2D eigenvalue weighted by Crippen LogP contribution is -2.29. The molecular weight excluding hydrogens is 464 g/mol. The van der Waals surface area contributed by atoms with Gasteiger partial charge < -0.3 is 14.6 Å². The smallest absolute Gasteiger partial charge is 0.301 e. The normalized spacial score (nSPS) is 17.2. The number of methoxy groups -OCH3 is 2. The number of benzene rings is 3. The molecule has 4 aromatic rings. The molecule has 7 nitrogen and oxygen atoms in total. The van der Waals surface area contributed by atoms with Crippen molar-refractivity contribution in [3.05, 3.63) is 89.0 Å². The number of hydrogen-bond donors (Lipinski definition) is 1. The predicted octanol–water partition coefficient (Wildman–Crippen LogP) is 5.25. The van der Waals surface area contributed by atoms with Gasteiger partial charge >= 0.3 is 5.91 Å². The van der Waals surface area contributed by atoms with Crippen molar-refractivity contribution in [1.82, 2.24) is 4.98 Å². The first kappa shape index (κ1) is 22.6. The molecule has 1 amide bonds. The van der Waals surface area contributed by atoms with Gasteiger partial charge in [0.15, 0.2) is 16.6 Å². The van der Waals surface area contributed by atoms with Crippen molar-refractivity contribution < 1.29 is 24.2 Å². The average molecular weight is 487 g/mol. The van der Waals surface area contributed by atoms with Crippen LogP contribution in [0, 0.1) is 6.92 Å². The molecule has 0 spiro atoms. The van der Waals surface area contributed by atoms with Gasteiger partial charge in [0.1, 0.15) is 5.76 Å². The van der Waals surface area contributed by atoms with Crippen LogP contribution >= 0.6 is 11.3 Å². The van der Waals surface area contributed by atoms with Gasteiger partial charge in [-0.25, -0.2) is 4.98 Å². The molecule has 0 radical (unpaired) electrons. The van der Waals surface area contributed by atoms with Crippen molar-refractivity contribution in [2.75, 3.05) is 19.1 Å². The maximum absolute atomic E-state index is 13.4. The summed E-state index contributed by atoms with van der Waals surface area (Å²) < 4.78 is 11.7. The summed E-state index contributed by atoms with van der Waals surface area (Å²) in [5.74, 6) is -0.829. The minimum atomic E-state index is -0.906. The lowest BCUT2D eigenvalue weighted by Gasteiger charge is -2.23. The summed E-state index contributed by atoms with van der Waals surface area (Å²) in [7, 11) is 3.04. The van der Waals surface area contributed by atoms with Gasteiger partial charge in [0, 0.05) is 5.56 Å². The van der Waals surface area contributed by atoms with Crippen molar-refractivity contribution in [2.24, 2.45) is 0 Å². The summed E-state index contributed by atoms with van der Waals surface area (Å²) in [6, 6.07) is 18.8. The largest absolute Gasteiger partial charge is 0.507 e. The molecule has 176 valence electrons. The molecule has 1 aromatic heterocycles. The Bertz CT molecular complexity index is 1490. The maximum Gasteiger partial charge on any atom is 0.301 e. The van der Waals surface area contributed by atoms with Crippen molar-refractivity contribution >= 4 is 44.1 Å². The average Bonchev–Trinajstić information content (AvgIpc) is 3.41. The van der Waals surface area contributed by atoms with Crippen LogP contribution in [0.1, 0.15) is 22.7 Å². The molecule has 0 saturated carbocycles. The molecule has 1 atom stereocenters. The fourth-order valence-corrected chi connectivity index (χ4v) is 5.33. The molecule has 0 aliphatic carbocycles. The number of Topliss-reactive ketones (excluding diaryl/α,β-unsaturated/α-hetero) is 1. The van der Waals surface area contributed by atoms with E-state index in [-0.39, 0.29) is 11.3 Å². The first-order valence-electron chi connectivity index (χ1n) is 10.9. The Kier molecular flexibility index (Phi) is 5.74. The van der Waals surface area contributed by atoms with Crippen LogP contribution in [0.25, 0.3) is 16.0 Å². The molecule has 0 bridgehead atoms. The number of anilines is 1. The fourth-order valence-electron chi connectivity index (χ4n) is 4.24. The summed E-state index contributed by atoms with van der Waals surface area (Å²) >= 11 is 1.32. The lowest BCUT2D eigenvalue weighted by molar-refractivity contribution is -0.132. The van der Waals surface area contributed by atoms with E-state index in [1.54, 1.807) is 42.5 Å². The number of amides is 1. The molecule has 1 aliphatic rings. The number of nitrogens with zero attached hydrogens (tertiary/aromatic N) is 2. The third-order valence-electron chi connectivity index (χ3n) is 5.95. The minimum Gasteiger partial charge on any atom is -0.507 e. The lowest BCUT2D eigenvalue weighted by atomic mass is 9.95. The Labute approximate surface area is 205 Å². The van der Waals surface area contributed by atoms with Crippen LogP contribution in [0.4, 0.5) is 5.13 Å². The number of rotatable bonds is 5. The van der Waals surface area contributed by atoms with Crippen LogP contribution in [0.3, 0.4) is 0 Å². The molecule has 3 aromatic carbocycles. The second kappa shape index (κ2) is 8.88. The van der Waals surface area contributed by atoms with E-state index in [1.807, 2.05) is 31.2 Å². The van der Waals surface area contributed by atoms with Crippen molar-refractivity contribution in [2.45, 2.75) is 13.0 Å². The highest BCUT2D eigenvalue weighted by Gasteiger charge is 2.48. The third kappa shape index (κ3) is 3.81. The number of ether oxygens (including phenoxy) is 2. The molecule has 5 rings (SSSR count). The monoisotopic (exact) mass is 486 g/mol. The van der Waals surface area contributed by atoms with Crippen LogP contribution in [-0.4, -0.2) is 36.0 Å². The van der Waals surface area contributed by atoms with Crippen LogP contribution in [0.5, 0.6) is 11.5 Å². The fraction of sp³-hybridized carbons (Fsp3) is 0.148. The highest BCUT2D eigenvalue weighted by molar-refractivity contribution is 7.22. The van der Waals surface area contributed by atoms with E-state index in [0.29, 0.717) is 27.8 Å². The van der Waals surface area contributed by atoms with Crippen LogP contribution in [0.15, 0.2) is 72.3 Å². The standard InChI is InChI=1S/C27H22N2O5S/c1-15-9-11-18-21(13-15)35-27(28-18)29-23(17-10-12-19(33-2)20(14-17)34-3)22(25(31)26(29)32)24(30)16-7-5-4-6-8-16/h4-14,23,30H,1-3H3/t23-/m0/s1. The van der Waals surface area contributed by atoms with Gasteiger partial charge in [0.2, 0.25) is 0 Å². The highest BCUT2D eigenvalue weighted by Crippen LogP contribution is 2.45. The predicted molar refractivity (Wildman–Crippen MR) is 135 cm³/mol. The molecule has 1 aliphatic heterocycles. The number of hydrogen-bond acceptors (Lipinski definition) is 7. The number of carbonyl (C=O) groups is 2. The number of thiazole rings is 1. The van der Waals surface area contributed by atoms with Crippen molar-refractivity contribution in [3.63, 3.8) is 0 Å². The Morgan fingerprint density at radius 2 is 1.71 bits per heavy atom. The summed E-state index contributed by atoms with van der Waals surface area (Å²) in [6.07, 6.45) is 0. The third-order valence-corrected chi connectivity index (χ3v) is 6.97. The Balaban J connectivity index is 1.75. The van der Waals surface area contributed by atoms with E-state index in [1.165, 1.54) is 30.5 Å². The van der Waals surface area contributed by atoms with Crippen LogP contribution < -0.4 is 14.4 Å². The zero-order valence-corrected chi connectivity index (χ0v) is 20.1. The topological polar surface area (TPSA) is 89.0 Å².